The molecule has 0 N–H and O–H groups in total. The number of fused-ring (bicyclic) bond motifs is 7. The monoisotopic (exact) mass is 509 g/mol. The van der Waals surface area contributed by atoms with E-state index in [1.165, 1.54) is 41.2 Å². The smallest absolute Gasteiger partial charge is 0.238 e. The Bertz CT molecular complexity index is 1910. The number of rotatable bonds is 3. The Hall–Kier alpha value is -4.42. The van der Waals surface area contributed by atoms with E-state index in [0.29, 0.717) is 17.6 Å². The topological polar surface area (TPSA) is 56.5 Å². The Kier molecular flexibility index (Phi) is 4.88. The highest BCUT2D eigenvalue weighted by molar-refractivity contribution is 7.20. The third-order valence-electron chi connectivity index (χ3n) is 7.54. The van der Waals surface area contributed by atoms with Crippen LogP contribution in [0, 0.1) is 0 Å². The van der Waals surface area contributed by atoms with Gasteiger partial charge in [-0.2, -0.15) is 9.97 Å². The molecule has 0 radical (unpaired) electrons. The van der Waals surface area contributed by atoms with Gasteiger partial charge in [-0.1, -0.05) is 66.7 Å². The molecule has 0 spiro atoms. The summed E-state index contributed by atoms with van der Waals surface area (Å²) in [5.41, 5.74) is 5.62. The van der Waals surface area contributed by atoms with Gasteiger partial charge in [0.1, 0.15) is 0 Å². The molecule has 1 aliphatic rings. The lowest BCUT2D eigenvalue weighted by atomic mass is 9.96. The van der Waals surface area contributed by atoms with E-state index in [1.807, 2.05) is 84.4 Å². The van der Waals surface area contributed by atoms with Gasteiger partial charge in [-0.25, -0.2) is 4.98 Å². The van der Waals surface area contributed by atoms with Crippen LogP contribution in [-0.2, 0) is 12.8 Å². The molecule has 182 valence electrons. The summed E-state index contributed by atoms with van der Waals surface area (Å²) in [6.45, 7) is 0. The first kappa shape index (κ1) is 21.6. The molecule has 0 amide bonds. The first-order valence-electron chi connectivity index (χ1n) is 13.0. The molecule has 4 heterocycles. The maximum atomic E-state index is 5.04. The highest BCUT2D eigenvalue weighted by atomic mass is 32.1. The van der Waals surface area contributed by atoms with Gasteiger partial charge in [0.05, 0.1) is 11.0 Å². The van der Waals surface area contributed by atoms with Gasteiger partial charge in [-0.15, -0.1) is 11.3 Å². The Labute approximate surface area is 223 Å². The summed E-state index contributed by atoms with van der Waals surface area (Å²) in [4.78, 5) is 21.0. The lowest BCUT2D eigenvalue weighted by Gasteiger charge is -2.11. The lowest BCUT2D eigenvalue weighted by Crippen LogP contribution is -2.06. The van der Waals surface area contributed by atoms with Crippen molar-refractivity contribution in [1.82, 2.24) is 24.5 Å². The molecular weight excluding hydrogens is 486 g/mol. The predicted octanol–water partition coefficient (Wildman–Crippen LogP) is 7.79. The van der Waals surface area contributed by atoms with Gasteiger partial charge < -0.3 is 0 Å². The van der Waals surface area contributed by atoms with Gasteiger partial charge in [0.15, 0.2) is 11.6 Å². The molecule has 0 aliphatic heterocycles. The van der Waals surface area contributed by atoms with E-state index >= 15 is 0 Å². The quantitative estimate of drug-likeness (QED) is 0.244. The maximum absolute atomic E-state index is 5.04. The lowest BCUT2D eigenvalue weighted by molar-refractivity contribution is 0.700. The number of thiophene rings is 1. The number of aromatic nitrogens is 5. The second-order valence-electron chi connectivity index (χ2n) is 9.79. The van der Waals surface area contributed by atoms with Gasteiger partial charge >= 0.3 is 0 Å². The van der Waals surface area contributed by atoms with Crippen molar-refractivity contribution in [3.05, 3.63) is 102 Å². The van der Waals surface area contributed by atoms with Crippen LogP contribution in [0.15, 0.2) is 91.3 Å². The second-order valence-corrected chi connectivity index (χ2v) is 10.9. The van der Waals surface area contributed by atoms with E-state index in [-0.39, 0.29) is 0 Å². The molecule has 6 heteroatoms. The summed E-state index contributed by atoms with van der Waals surface area (Å²) >= 11 is 1.96. The average molecular weight is 510 g/mol. The van der Waals surface area contributed by atoms with Crippen LogP contribution in [0.25, 0.3) is 60.6 Å². The van der Waals surface area contributed by atoms with Gasteiger partial charge in [-0.05, 0) is 48.8 Å². The molecule has 4 aromatic heterocycles. The minimum absolute atomic E-state index is 0.615. The van der Waals surface area contributed by atoms with Gasteiger partial charge in [0, 0.05) is 43.9 Å². The van der Waals surface area contributed by atoms with Crippen molar-refractivity contribution in [2.45, 2.75) is 25.7 Å². The van der Waals surface area contributed by atoms with Gasteiger partial charge in [0.2, 0.25) is 5.95 Å². The number of nitrogens with zero attached hydrogens (tertiary/aromatic N) is 5. The Morgan fingerprint density at radius 1 is 0.658 bits per heavy atom. The molecule has 0 saturated carbocycles. The predicted molar refractivity (Wildman–Crippen MR) is 155 cm³/mol. The Balaban J connectivity index is 1.46. The minimum atomic E-state index is 0.615. The van der Waals surface area contributed by atoms with Crippen LogP contribution >= 0.6 is 11.3 Å². The van der Waals surface area contributed by atoms with Crippen LogP contribution in [-0.4, -0.2) is 24.5 Å². The number of aryl methyl sites for hydroxylation is 2. The van der Waals surface area contributed by atoms with E-state index in [2.05, 4.69) is 27.8 Å². The van der Waals surface area contributed by atoms with Crippen molar-refractivity contribution >= 4 is 43.2 Å². The molecule has 0 atom stereocenters. The van der Waals surface area contributed by atoms with Gasteiger partial charge in [-0.3, -0.25) is 9.55 Å². The summed E-state index contributed by atoms with van der Waals surface area (Å²) < 4.78 is 3.54. The maximum Gasteiger partial charge on any atom is 0.238 e. The third-order valence-corrected chi connectivity index (χ3v) is 8.87. The third kappa shape index (κ3) is 3.30. The first-order valence-corrected chi connectivity index (χ1v) is 13.9. The Morgan fingerprint density at radius 3 is 2.11 bits per heavy atom. The molecule has 3 aromatic carbocycles. The fraction of sp³-hybridized carbons (Fsp3) is 0.125. The van der Waals surface area contributed by atoms with E-state index in [4.69, 9.17) is 15.0 Å². The molecule has 0 unspecified atom stereocenters. The fourth-order valence-electron chi connectivity index (χ4n) is 5.78. The highest BCUT2D eigenvalue weighted by Gasteiger charge is 2.23. The van der Waals surface area contributed by atoms with Crippen LogP contribution in [0.5, 0.6) is 0 Å². The standard InChI is InChI=1S/C32H23N5S/c1-3-9-20(10-4-1)30-34-31(21-11-5-2-6-12-21)36-32(35-30)37-25-17-18-33-19-24(25)28-26(37)16-15-23-22-13-7-8-14-27(22)38-29(23)28/h1-6,9-12,15-19H,7-8,13-14H2. The molecule has 8 rings (SSSR count). The second kappa shape index (κ2) is 8.57. The number of benzene rings is 3. The number of hydrogen-bond donors (Lipinski definition) is 0. The summed E-state index contributed by atoms with van der Waals surface area (Å²) in [6, 6.07) is 26.9. The van der Waals surface area contributed by atoms with E-state index in [9.17, 15) is 0 Å². The van der Waals surface area contributed by atoms with Gasteiger partial charge in [0.25, 0.3) is 0 Å². The normalized spacial score (nSPS) is 13.4. The molecule has 1 aliphatic carbocycles. The molecule has 0 fully saturated rings. The summed E-state index contributed by atoms with van der Waals surface area (Å²) in [7, 11) is 0. The van der Waals surface area contributed by atoms with Crippen LogP contribution in [0.2, 0.25) is 0 Å². The van der Waals surface area contributed by atoms with Crippen LogP contribution in [0.4, 0.5) is 0 Å². The molecule has 7 aromatic rings. The van der Waals surface area contributed by atoms with E-state index < -0.39 is 0 Å². The summed E-state index contributed by atoms with van der Waals surface area (Å²) in [5.74, 6) is 1.93. The van der Waals surface area contributed by atoms with Crippen molar-refractivity contribution < 1.29 is 0 Å². The SMILES string of the molecule is c1ccc(-c2nc(-c3ccccc3)nc(-n3c4ccncc4c4c5sc6c(c5ccc43)CCCC6)n2)cc1. The molecule has 0 bridgehead atoms. The van der Waals surface area contributed by atoms with E-state index in [1.54, 1.807) is 10.4 Å². The van der Waals surface area contributed by atoms with Crippen molar-refractivity contribution in [1.29, 1.82) is 0 Å². The van der Waals surface area contributed by atoms with Crippen molar-refractivity contribution in [3.8, 4) is 28.7 Å². The molecule has 38 heavy (non-hydrogen) atoms. The Morgan fingerprint density at radius 2 is 1.37 bits per heavy atom. The average Bonchev–Trinajstić information content (AvgIpc) is 3.53. The van der Waals surface area contributed by atoms with Crippen molar-refractivity contribution in [3.63, 3.8) is 0 Å². The summed E-state index contributed by atoms with van der Waals surface area (Å²) in [5, 5.41) is 3.77. The number of pyridine rings is 1. The zero-order valence-corrected chi connectivity index (χ0v) is 21.4. The van der Waals surface area contributed by atoms with Crippen molar-refractivity contribution in [2.75, 3.05) is 0 Å². The van der Waals surface area contributed by atoms with Crippen LogP contribution < -0.4 is 0 Å². The highest BCUT2D eigenvalue weighted by Crippen LogP contribution is 2.43. The minimum Gasteiger partial charge on any atom is -0.278 e. The van der Waals surface area contributed by atoms with Crippen molar-refractivity contribution in [2.24, 2.45) is 0 Å². The zero-order valence-electron chi connectivity index (χ0n) is 20.6. The fourth-order valence-corrected chi connectivity index (χ4v) is 7.22. The summed E-state index contributed by atoms with van der Waals surface area (Å²) in [6.07, 6.45) is 8.75. The van der Waals surface area contributed by atoms with Crippen LogP contribution in [0.1, 0.15) is 23.3 Å². The molecular formula is C32H23N5S. The number of hydrogen-bond acceptors (Lipinski definition) is 5. The molecule has 5 nitrogen and oxygen atoms in total. The first-order chi connectivity index (χ1) is 18.8. The van der Waals surface area contributed by atoms with Crippen LogP contribution in [0.3, 0.4) is 0 Å². The molecule has 0 saturated heterocycles. The zero-order chi connectivity index (χ0) is 25.1. The largest absolute Gasteiger partial charge is 0.278 e. The van der Waals surface area contributed by atoms with E-state index in [0.717, 1.165) is 27.5 Å².